The van der Waals surface area contributed by atoms with Gasteiger partial charge >= 0.3 is 5.97 Å². The lowest BCUT2D eigenvalue weighted by molar-refractivity contribution is -0.135. The fourth-order valence-corrected chi connectivity index (χ4v) is 2.75. The molecule has 0 aromatic heterocycles. The van der Waals surface area contributed by atoms with E-state index in [1.807, 2.05) is 13.0 Å². The van der Waals surface area contributed by atoms with Crippen LogP contribution >= 0.6 is 23.2 Å². The van der Waals surface area contributed by atoms with Gasteiger partial charge in [-0.25, -0.2) is 4.79 Å². The quantitative estimate of drug-likeness (QED) is 0.298. The van der Waals surface area contributed by atoms with Crippen molar-refractivity contribution in [2.24, 2.45) is 11.0 Å². The molecule has 7 heteroatoms. The molecule has 2 aromatic rings. The Labute approximate surface area is 168 Å². The molecule has 0 aliphatic rings. The molecule has 27 heavy (non-hydrogen) atoms. The Hall–Kier alpha value is -2.37. The Morgan fingerprint density at radius 3 is 2.41 bits per heavy atom. The highest BCUT2D eigenvalue weighted by molar-refractivity contribution is 6.42. The van der Waals surface area contributed by atoms with E-state index >= 15 is 0 Å². The first-order valence-electron chi connectivity index (χ1n) is 8.40. The number of aryl methyl sites for hydroxylation is 1. The minimum atomic E-state index is -0.818. The molecular formula is C20H20Cl2N2O3. The maximum atomic E-state index is 12.7. The minimum absolute atomic E-state index is 0.0339. The van der Waals surface area contributed by atoms with Crippen LogP contribution in [0.2, 0.25) is 10.0 Å². The molecule has 0 aliphatic carbocycles. The lowest BCUT2D eigenvalue weighted by Crippen LogP contribution is -2.31. The van der Waals surface area contributed by atoms with Gasteiger partial charge in [0.15, 0.2) is 11.5 Å². The largest absolute Gasteiger partial charge is 0.461 e. The van der Waals surface area contributed by atoms with E-state index in [-0.39, 0.29) is 18.1 Å². The van der Waals surface area contributed by atoms with Crippen LogP contribution in [-0.4, -0.2) is 24.1 Å². The van der Waals surface area contributed by atoms with E-state index in [0.717, 1.165) is 5.56 Å². The number of rotatable bonds is 7. The molecule has 5 nitrogen and oxygen atoms in total. The number of esters is 1. The number of ether oxygens (including phenoxy) is 1. The number of ketones is 1. The summed E-state index contributed by atoms with van der Waals surface area (Å²) in [6.45, 7) is 5.37. The summed E-state index contributed by atoms with van der Waals surface area (Å²) in [7, 11) is 0. The van der Waals surface area contributed by atoms with Crippen molar-refractivity contribution in [1.82, 2.24) is 0 Å². The van der Waals surface area contributed by atoms with Gasteiger partial charge in [0.05, 0.1) is 23.2 Å². The molecule has 0 spiro atoms. The molecule has 142 valence electrons. The van der Waals surface area contributed by atoms with Crippen LogP contribution in [0, 0.1) is 12.8 Å². The second kappa shape index (κ2) is 9.53. The zero-order valence-electron chi connectivity index (χ0n) is 15.3. The highest BCUT2D eigenvalue weighted by atomic mass is 35.5. The maximum absolute atomic E-state index is 12.7. The van der Waals surface area contributed by atoms with Crippen LogP contribution in [0.4, 0.5) is 5.69 Å². The number of carbonyl (C=O) groups is 2. The average Bonchev–Trinajstić information content (AvgIpc) is 2.63. The average molecular weight is 407 g/mol. The molecule has 0 fully saturated rings. The molecule has 0 radical (unpaired) electrons. The molecular weight excluding hydrogens is 387 g/mol. The fraction of sp³-hybridized carbons (Fsp3) is 0.250. The van der Waals surface area contributed by atoms with Crippen LogP contribution in [0.15, 0.2) is 47.6 Å². The highest BCUT2D eigenvalue weighted by Crippen LogP contribution is 2.23. The second-order valence-electron chi connectivity index (χ2n) is 5.91. The second-order valence-corrected chi connectivity index (χ2v) is 6.75. The summed E-state index contributed by atoms with van der Waals surface area (Å²) in [5, 5.41) is 5.11. The number of Topliss-reactive ketones (excluding diaryl/α,β-unsaturated/α-hetero) is 1. The summed E-state index contributed by atoms with van der Waals surface area (Å²) < 4.78 is 5.05. The molecule has 0 aliphatic heterocycles. The predicted octanol–water partition coefficient (Wildman–Crippen LogP) is 5.15. The first-order chi connectivity index (χ1) is 12.8. The van der Waals surface area contributed by atoms with E-state index in [4.69, 9.17) is 27.9 Å². The van der Waals surface area contributed by atoms with Crippen molar-refractivity contribution < 1.29 is 14.3 Å². The van der Waals surface area contributed by atoms with E-state index in [1.165, 1.54) is 0 Å². The zero-order valence-corrected chi connectivity index (χ0v) is 16.8. The van der Waals surface area contributed by atoms with Crippen LogP contribution in [0.25, 0.3) is 0 Å². The smallest absolute Gasteiger partial charge is 0.355 e. The summed E-state index contributed by atoms with van der Waals surface area (Å²) in [6.07, 6.45) is 0. The minimum Gasteiger partial charge on any atom is -0.461 e. The molecule has 1 N–H and O–H groups in total. The molecule has 1 atom stereocenters. The van der Waals surface area contributed by atoms with Crippen LogP contribution in [0.3, 0.4) is 0 Å². The van der Waals surface area contributed by atoms with Gasteiger partial charge in [-0.15, -0.1) is 0 Å². The standard InChI is InChI=1S/C20H20Cl2N2O3/c1-4-27-20(26)18(24-23-17-10-5-12(2)11-16(17)22)13(3)19(25)14-6-8-15(21)9-7-14/h5-11,13,23H,4H2,1-3H3/b24-18-. The maximum Gasteiger partial charge on any atom is 0.355 e. The van der Waals surface area contributed by atoms with Gasteiger partial charge in [0.25, 0.3) is 0 Å². The Morgan fingerprint density at radius 1 is 1.15 bits per heavy atom. The van der Waals surface area contributed by atoms with Crippen LogP contribution in [0.5, 0.6) is 0 Å². The van der Waals surface area contributed by atoms with Crippen LogP contribution < -0.4 is 5.43 Å². The predicted molar refractivity (Wildman–Crippen MR) is 109 cm³/mol. The molecule has 0 amide bonds. The van der Waals surface area contributed by atoms with Crippen LogP contribution in [-0.2, 0) is 9.53 Å². The first kappa shape index (κ1) is 20.9. The number of nitrogens with zero attached hydrogens (tertiary/aromatic N) is 1. The molecule has 0 heterocycles. The highest BCUT2D eigenvalue weighted by Gasteiger charge is 2.27. The Morgan fingerprint density at radius 2 is 1.81 bits per heavy atom. The van der Waals surface area contributed by atoms with Gasteiger partial charge in [0.2, 0.25) is 0 Å². The molecule has 0 bridgehead atoms. The Bertz CT molecular complexity index is 864. The van der Waals surface area contributed by atoms with Gasteiger partial charge in [-0.05, 0) is 62.7 Å². The number of anilines is 1. The Kier molecular flexibility index (Phi) is 7.39. The van der Waals surface area contributed by atoms with E-state index in [1.54, 1.807) is 50.2 Å². The van der Waals surface area contributed by atoms with Crippen molar-refractivity contribution in [2.45, 2.75) is 20.8 Å². The number of nitrogens with one attached hydrogen (secondary N) is 1. The third-order valence-electron chi connectivity index (χ3n) is 3.84. The van der Waals surface area contributed by atoms with Crippen molar-refractivity contribution in [3.63, 3.8) is 0 Å². The third-order valence-corrected chi connectivity index (χ3v) is 4.40. The van der Waals surface area contributed by atoms with Crippen molar-refractivity contribution in [1.29, 1.82) is 0 Å². The number of halogens is 2. The number of carbonyl (C=O) groups excluding carboxylic acids is 2. The van der Waals surface area contributed by atoms with Gasteiger partial charge in [0.1, 0.15) is 0 Å². The SMILES string of the molecule is CCOC(=O)/C(=N\Nc1ccc(C)cc1Cl)C(C)C(=O)c1ccc(Cl)cc1. The number of hydrogen-bond donors (Lipinski definition) is 1. The van der Waals surface area contributed by atoms with E-state index in [2.05, 4.69) is 10.5 Å². The number of benzene rings is 2. The number of hydrazone groups is 1. The van der Waals surface area contributed by atoms with Crippen molar-refractivity contribution in [2.75, 3.05) is 12.0 Å². The van der Waals surface area contributed by atoms with E-state index in [9.17, 15) is 9.59 Å². The lowest BCUT2D eigenvalue weighted by atomic mass is 9.95. The van der Waals surface area contributed by atoms with Gasteiger partial charge in [0, 0.05) is 10.6 Å². The van der Waals surface area contributed by atoms with Crippen molar-refractivity contribution in [3.8, 4) is 0 Å². The third kappa shape index (κ3) is 5.55. The van der Waals surface area contributed by atoms with Gasteiger partial charge in [-0.3, -0.25) is 10.2 Å². The van der Waals surface area contributed by atoms with Gasteiger partial charge in [-0.1, -0.05) is 29.3 Å². The summed E-state index contributed by atoms with van der Waals surface area (Å²) >= 11 is 12.0. The molecule has 0 saturated carbocycles. The topological polar surface area (TPSA) is 67.8 Å². The summed E-state index contributed by atoms with van der Waals surface area (Å²) in [5.74, 6) is -1.75. The first-order valence-corrected chi connectivity index (χ1v) is 9.15. The summed E-state index contributed by atoms with van der Waals surface area (Å²) in [6, 6.07) is 11.8. The fourth-order valence-electron chi connectivity index (χ4n) is 2.34. The van der Waals surface area contributed by atoms with Crippen LogP contribution in [0.1, 0.15) is 29.8 Å². The van der Waals surface area contributed by atoms with E-state index in [0.29, 0.717) is 21.3 Å². The molecule has 0 saturated heterocycles. The molecule has 1 unspecified atom stereocenters. The Balaban J connectivity index is 2.30. The summed E-state index contributed by atoms with van der Waals surface area (Å²) in [4.78, 5) is 25.1. The normalized spacial score (nSPS) is 12.4. The van der Waals surface area contributed by atoms with E-state index < -0.39 is 11.9 Å². The molecule has 2 rings (SSSR count). The van der Waals surface area contributed by atoms with Crippen molar-refractivity contribution >= 4 is 46.4 Å². The number of hydrogen-bond acceptors (Lipinski definition) is 5. The van der Waals surface area contributed by atoms with Gasteiger partial charge < -0.3 is 4.74 Å². The zero-order chi connectivity index (χ0) is 20.0. The lowest BCUT2D eigenvalue weighted by Gasteiger charge is -2.14. The monoisotopic (exact) mass is 406 g/mol. The summed E-state index contributed by atoms with van der Waals surface area (Å²) in [5.41, 5.74) is 4.67. The van der Waals surface area contributed by atoms with Crippen molar-refractivity contribution in [3.05, 3.63) is 63.6 Å². The molecule has 2 aromatic carbocycles. The van der Waals surface area contributed by atoms with Gasteiger partial charge in [-0.2, -0.15) is 5.10 Å².